The van der Waals surface area contributed by atoms with E-state index in [4.69, 9.17) is 9.47 Å². The lowest BCUT2D eigenvalue weighted by Gasteiger charge is -2.11. The molecule has 3 heterocycles. The fourth-order valence-electron chi connectivity index (χ4n) is 4.31. The predicted molar refractivity (Wildman–Crippen MR) is 113 cm³/mol. The van der Waals surface area contributed by atoms with Crippen LogP contribution in [-0.4, -0.2) is 34.3 Å². The van der Waals surface area contributed by atoms with Crippen molar-refractivity contribution < 1.29 is 28.2 Å². The molecule has 5 rings (SSSR count). The highest BCUT2D eigenvalue weighted by molar-refractivity contribution is 6.11. The summed E-state index contributed by atoms with van der Waals surface area (Å²) in [5, 5.41) is 10.8. The van der Waals surface area contributed by atoms with Crippen LogP contribution in [0.2, 0.25) is 0 Å². The van der Waals surface area contributed by atoms with Crippen molar-refractivity contribution in [1.82, 2.24) is 9.55 Å². The van der Waals surface area contributed by atoms with Crippen molar-refractivity contribution >= 4 is 16.9 Å². The Hall–Kier alpha value is -3.94. The van der Waals surface area contributed by atoms with E-state index in [0.29, 0.717) is 40.8 Å². The molecule has 2 aromatic heterocycles. The molecule has 0 atom stereocenters. The second-order valence-electron chi connectivity index (χ2n) is 7.46. The van der Waals surface area contributed by atoms with Gasteiger partial charge in [-0.1, -0.05) is 6.07 Å². The summed E-state index contributed by atoms with van der Waals surface area (Å²) in [5.74, 6) is -1.60. The first kappa shape index (κ1) is 20.0. The molecule has 2 aromatic carbocycles. The highest BCUT2D eigenvalue weighted by atomic mass is 19.1. The van der Waals surface area contributed by atoms with E-state index in [1.807, 2.05) is 6.07 Å². The molecule has 32 heavy (non-hydrogen) atoms. The molecule has 1 aliphatic rings. The average molecular weight is 436 g/mol. The van der Waals surface area contributed by atoms with E-state index in [0.717, 1.165) is 23.8 Å². The van der Waals surface area contributed by atoms with Crippen LogP contribution in [0.25, 0.3) is 22.0 Å². The van der Waals surface area contributed by atoms with Crippen LogP contribution in [0.5, 0.6) is 11.6 Å². The van der Waals surface area contributed by atoms with E-state index in [-0.39, 0.29) is 23.7 Å². The summed E-state index contributed by atoms with van der Waals surface area (Å²) < 4.78 is 41.1. The minimum absolute atomic E-state index is 0.0375. The SMILES string of the molecule is COc1ncccc1-c1c(C(=O)O)n(Cc2cc(F)ccc2F)c2ccc3c(c12)OCC3. The molecular formula is C24H18F2N2O4. The van der Waals surface area contributed by atoms with Gasteiger partial charge < -0.3 is 19.1 Å². The standard InChI is InChI=1S/C24H18F2N2O4/c1-31-23-16(3-2-9-27-23)19-20-18(7-4-13-8-10-32-22(13)20)28(21(19)24(29)30)12-14-11-15(25)5-6-17(14)26/h2-7,9,11H,8,10,12H2,1H3,(H,29,30). The number of carbonyl (C=O) groups is 1. The second-order valence-corrected chi connectivity index (χ2v) is 7.46. The Balaban J connectivity index is 1.88. The minimum Gasteiger partial charge on any atom is -0.492 e. The minimum atomic E-state index is -1.22. The van der Waals surface area contributed by atoms with Crippen molar-refractivity contribution in [1.29, 1.82) is 0 Å². The van der Waals surface area contributed by atoms with Crippen molar-refractivity contribution in [2.24, 2.45) is 0 Å². The Morgan fingerprint density at radius 3 is 2.88 bits per heavy atom. The molecule has 4 aromatic rings. The van der Waals surface area contributed by atoms with E-state index in [1.54, 1.807) is 24.4 Å². The maximum atomic E-state index is 14.5. The number of fused-ring (bicyclic) bond motifs is 3. The number of benzene rings is 2. The van der Waals surface area contributed by atoms with Gasteiger partial charge in [-0.2, -0.15) is 0 Å². The van der Waals surface area contributed by atoms with Gasteiger partial charge in [0, 0.05) is 29.3 Å². The first-order valence-electron chi connectivity index (χ1n) is 9.97. The van der Waals surface area contributed by atoms with Crippen LogP contribution >= 0.6 is 0 Å². The number of aromatic carboxylic acids is 1. The lowest BCUT2D eigenvalue weighted by Crippen LogP contribution is -2.12. The summed E-state index contributed by atoms with van der Waals surface area (Å²) in [6, 6.07) is 10.2. The number of hydrogen-bond donors (Lipinski definition) is 1. The zero-order valence-corrected chi connectivity index (χ0v) is 17.1. The van der Waals surface area contributed by atoms with Gasteiger partial charge in [0.1, 0.15) is 23.1 Å². The molecule has 0 saturated heterocycles. The molecule has 0 bridgehead atoms. The van der Waals surface area contributed by atoms with E-state index < -0.39 is 17.6 Å². The molecule has 0 fully saturated rings. The molecule has 0 unspecified atom stereocenters. The molecule has 0 saturated carbocycles. The number of pyridine rings is 1. The molecule has 1 N–H and O–H groups in total. The molecule has 162 valence electrons. The van der Waals surface area contributed by atoms with Crippen molar-refractivity contribution in [3.8, 4) is 22.8 Å². The Morgan fingerprint density at radius 1 is 1.25 bits per heavy atom. The number of carboxylic acid groups (broad SMARTS) is 1. The van der Waals surface area contributed by atoms with Crippen LogP contribution in [0, 0.1) is 11.6 Å². The van der Waals surface area contributed by atoms with Crippen molar-refractivity contribution in [3.63, 3.8) is 0 Å². The number of carboxylic acids is 1. The molecule has 0 radical (unpaired) electrons. The molecular weight excluding hydrogens is 418 g/mol. The van der Waals surface area contributed by atoms with Crippen LogP contribution in [0.3, 0.4) is 0 Å². The number of hydrogen-bond acceptors (Lipinski definition) is 4. The van der Waals surface area contributed by atoms with Gasteiger partial charge in [-0.05, 0) is 42.0 Å². The van der Waals surface area contributed by atoms with Crippen LogP contribution < -0.4 is 9.47 Å². The van der Waals surface area contributed by atoms with Crippen LogP contribution in [-0.2, 0) is 13.0 Å². The van der Waals surface area contributed by atoms with E-state index in [9.17, 15) is 18.7 Å². The first-order valence-corrected chi connectivity index (χ1v) is 9.97. The summed E-state index contributed by atoms with van der Waals surface area (Å²) in [6.07, 6.45) is 2.24. The van der Waals surface area contributed by atoms with Gasteiger partial charge in [0.05, 0.1) is 31.2 Å². The van der Waals surface area contributed by atoms with Gasteiger partial charge in [-0.15, -0.1) is 0 Å². The molecule has 6 nitrogen and oxygen atoms in total. The van der Waals surface area contributed by atoms with Crippen molar-refractivity contribution in [2.45, 2.75) is 13.0 Å². The third kappa shape index (κ3) is 3.07. The zero-order valence-electron chi connectivity index (χ0n) is 17.1. The monoisotopic (exact) mass is 436 g/mol. The van der Waals surface area contributed by atoms with Crippen LogP contribution in [0.15, 0.2) is 48.7 Å². The summed E-state index contributed by atoms with van der Waals surface area (Å²) in [7, 11) is 1.45. The van der Waals surface area contributed by atoms with Crippen molar-refractivity contribution in [3.05, 3.63) is 77.1 Å². The number of ether oxygens (including phenoxy) is 2. The first-order chi connectivity index (χ1) is 15.5. The van der Waals surface area contributed by atoms with Gasteiger partial charge in [0.25, 0.3) is 0 Å². The molecule has 0 spiro atoms. The Morgan fingerprint density at radius 2 is 2.09 bits per heavy atom. The fourth-order valence-corrected chi connectivity index (χ4v) is 4.31. The highest BCUT2D eigenvalue weighted by Gasteiger charge is 2.30. The van der Waals surface area contributed by atoms with E-state index >= 15 is 0 Å². The van der Waals surface area contributed by atoms with Crippen molar-refractivity contribution in [2.75, 3.05) is 13.7 Å². The Kier molecular flexibility index (Phi) is 4.77. The van der Waals surface area contributed by atoms with Crippen LogP contribution in [0.4, 0.5) is 8.78 Å². The lowest BCUT2D eigenvalue weighted by atomic mass is 10.00. The zero-order chi connectivity index (χ0) is 22.4. The fraction of sp³-hybridized carbons (Fsp3) is 0.167. The van der Waals surface area contributed by atoms with Gasteiger partial charge >= 0.3 is 5.97 Å². The second kappa shape index (κ2) is 7.64. The van der Waals surface area contributed by atoms with Gasteiger partial charge in [-0.3, -0.25) is 0 Å². The summed E-state index contributed by atoms with van der Waals surface area (Å²) in [6.45, 7) is 0.299. The highest BCUT2D eigenvalue weighted by Crippen LogP contribution is 2.46. The molecule has 0 amide bonds. The maximum Gasteiger partial charge on any atom is 0.353 e. The summed E-state index contributed by atoms with van der Waals surface area (Å²) in [4.78, 5) is 16.8. The number of rotatable bonds is 5. The Bertz CT molecular complexity index is 1380. The van der Waals surface area contributed by atoms with Gasteiger partial charge in [0.15, 0.2) is 0 Å². The summed E-state index contributed by atoms with van der Waals surface area (Å²) in [5.41, 5.74) is 2.28. The smallest absolute Gasteiger partial charge is 0.353 e. The number of nitrogens with zero attached hydrogens (tertiary/aromatic N) is 2. The number of halogens is 2. The number of aromatic nitrogens is 2. The number of methoxy groups -OCH3 is 1. The van der Waals surface area contributed by atoms with E-state index in [2.05, 4.69) is 4.98 Å². The van der Waals surface area contributed by atoms with Crippen LogP contribution in [0.1, 0.15) is 21.6 Å². The largest absolute Gasteiger partial charge is 0.492 e. The average Bonchev–Trinajstić information content (AvgIpc) is 3.38. The summed E-state index contributed by atoms with van der Waals surface area (Å²) >= 11 is 0. The molecule has 1 aliphatic heterocycles. The molecule has 0 aliphatic carbocycles. The third-order valence-electron chi connectivity index (χ3n) is 5.66. The lowest BCUT2D eigenvalue weighted by molar-refractivity contribution is 0.0687. The molecule has 8 heteroatoms. The van der Waals surface area contributed by atoms with E-state index in [1.165, 1.54) is 11.7 Å². The quantitative estimate of drug-likeness (QED) is 0.492. The predicted octanol–water partition coefficient (Wildman–Crippen LogP) is 4.67. The van der Waals surface area contributed by atoms with Gasteiger partial charge in [0.2, 0.25) is 5.88 Å². The Labute approximate surface area is 181 Å². The van der Waals surface area contributed by atoms with Gasteiger partial charge in [-0.25, -0.2) is 18.6 Å². The normalized spacial score (nSPS) is 12.6. The third-order valence-corrected chi connectivity index (χ3v) is 5.66. The maximum absolute atomic E-state index is 14.5. The topological polar surface area (TPSA) is 73.6 Å².